The van der Waals surface area contributed by atoms with Gasteiger partial charge in [-0.25, -0.2) is 4.98 Å². The Labute approximate surface area is 76.6 Å². The number of ether oxygens (including phenoxy) is 1. The Hall–Kier alpha value is -0.610. The normalized spacial score (nSPS) is 11.9. The average molecular weight is 186 g/mol. The van der Waals surface area contributed by atoms with E-state index >= 15 is 0 Å². The van der Waals surface area contributed by atoms with Crippen molar-refractivity contribution in [3.8, 4) is 0 Å². The van der Waals surface area contributed by atoms with Gasteiger partial charge in [-0.3, -0.25) is 0 Å². The van der Waals surface area contributed by atoms with Crippen LogP contribution in [0.15, 0.2) is 5.38 Å². The van der Waals surface area contributed by atoms with Crippen LogP contribution in [0.25, 0.3) is 0 Å². The van der Waals surface area contributed by atoms with Crippen molar-refractivity contribution in [2.24, 2.45) is 0 Å². The van der Waals surface area contributed by atoms with E-state index in [1.807, 2.05) is 19.2 Å². The minimum atomic E-state index is -0.152. The molecule has 12 heavy (non-hydrogen) atoms. The molecule has 2 N–H and O–H groups in total. The van der Waals surface area contributed by atoms with Gasteiger partial charge in [0.2, 0.25) is 0 Å². The van der Waals surface area contributed by atoms with E-state index in [-0.39, 0.29) is 5.60 Å². The molecule has 0 atom stereocenters. The fraction of sp³-hybridized carbons (Fsp3) is 0.625. The summed E-state index contributed by atoms with van der Waals surface area (Å²) in [6.07, 6.45) is 0.803. The second kappa shape index (κ2) is 3.41. The van der Waals surface area contributed by atoms with Crippen LogP contribution in [0.3, 0.4) is 0 Å². The first-order chi connectivity index (χ1) is 5.53. The molecular weight excluding hydrogens is 172 g/mol. The van der Waals surface area contributed by atoms with Crippen LogP contribution < -0.4 is 5.73 Å². The number of methoxy groups -OCH3 is 1. The van der Waals surface area contributed by atoms with Gasteiger partial charge in [-0.2, -0.15) is 0 Å². The van der Waals surface area contributed by atoms with Gasteiger partial charge in [-0.15, -0.1) is 11.3 Å². The van der Waals surface area contributed by atoms with Crippen molar-refractivity contribution in [2.45, 2.75) is 25.9 Å². The molecule has 0 radical (unpaired) electrons. The molecule has 0 fully saturated rings. The third kappa shape index (κ3) is 2.46. The van der Waals surface area contributed by atoms with Crippen LogP contribution in [0.1, 0.15) is 19.5 Å². The van der Waals surface area contributed by atoms with Crippen molar-refractivity contribution >= 4 is 16.5 Å². The lowest BCUT2D eigenvalue weighted by atomic mass is 10.0. The second-order valence-corrected chi connectivity index (χ2v) is 4.21. The highest BCUT2D eigenvalue weighted by Crippen LogP contribution is 2.18. The lowest BCUT2D eigenvalue weighted by Crippen LogP contribution is -2.25. The first-order valence-corrected chi connectivity index (χ1v) is 4.66. The molecule has 0 aliphatic heterocycles. The van der Waals surface area contributed by atoms with E-state index in [1.165, 1.54) is 11.3 Å². The van der Waals surface area contributed by atoms with Crippen LogP contribution in [0.5, 0.6) is 0 Å². The molecule has 0 aliphatic carbocycles. The van der Waals surface area contributed by atoms with Gasteiger partial charge in [0, 0.05) is 18.9 Å². The number of aromatic nitrogens is 1. The molecule has 0 bridgehead atoms. The van der Waals surface area contributed by atoms with Crippen LogP contribution in [0.4, 0.5) is 5.13 Å². The topological polar surface area (TPSA) is 48.1 Å². The molecule has 0 saturated carbocycles. The highest BCUT2D eigenvalue weighted by molar-refractivity contribution is 7.13. The molecule has 0 unspecified atom stereocenters. The van der Waals surface area contributed by atoms with Crippen molar-refractivity contribution in [3.63, 3.8) is 0 Å². The largest absolute Gasteiger partial charge is 0.378 e. The van der Waals surface area contributed by atoms with Gasteiger partial charge in [0.1, 0.15) is 0 Å². The number of rotatable bonds is 3. The third-order valence-corrected chi connectivity index (χ3v) is 2.45. The van der Waals surface area contributed by atoms with Crippen LogP contribution in [0.2, 0.25) is 0 Å². The summed E-state index contributed by atoms with van der Waals surface area (Å²) >= 11 is 1.47. The standard InChI is InChI=1S/C8H14N2OS/c1-8(2,11-3)4-6-5-12-7(9)10-6/h5H,4H2,1-3H3,(H2,9,10). The average Bonchev–Trinajstić information content (AvgIpc) is 2.35. The molecule has 1 heterocycles. The molecule has 4 heteroatoms. The first kappa shape index (κ1) is 9.48. The van der Waals surface area contributed by atoms with E-state index in [9.17, 15) is 0 Å². The summed E-state index contributed by atoms with van der Waals surface area (Å²) in [4.78, 5) is 4.16. The maximum absolute atomic E-state index is 5.51. The van der Waals surface area contributed by atoms with Crippen molar-refractivity contribution in [2.75, 3.05) is 12.8 Å². The summed E-state index contributed by atoms with van der Waals surface area (Å²) < 4.78 is 5.27. The molecule has 0 amide bonds. The van der Waals surface area contributed by atoms with E-state index in [0.29, 0.717) is 5.13 Å². The molecule has 1 aromatic rings. The van der Waals surface area contributed by atoms with Crippen molar-refractivity contribution in [1.29, 1.82) is 0 Å². The van der Waals surface area contributed by atoms with E-state index in [4.69, 9.17) is 10.5 Å². The molecule has 68 valence electrons. The number of nitrogens with zero attached hydrogens (tertiary/aromatic N) is 1. The Bertz CT molecular complexity index is 257. The van der Waals surface area contributed by atoms with Gasteiger partial charge in [0.15, 0.2) is 5.13 Å². The van der Waals surface area contributed by atoms with Crippen LogP contribution in [-0.2, 0) is 11.2 Å². The van der Waals surface area contributed by atoms with E-state index in [1.54, 1.807) is 7.11 Å². The summed E-state index contributed by atoms with van der Waals surface area (Å²) in [7, 11) is 1.70. The quantitative estimate of drug-likeness (QED) is 0.781. The fourth-order valence-corrected chi connectivity index (χ4v) is 1.47. The van der Waals surface area contributed by atoms with E-state index in [2.05, 4.69) is 4.98 Å². The minimum Gasteiger partial charge on any atom is -0.378 e. The maximum atomic E-state index is 5.51. The summed E-state index contributed by atoms with van der Waals surface area (Å²) in [5.74, 6) is 0. The number of nitrogen functional groups attached to an aromatic ring is 1. The third-order valence-electron chi connectivity index (χ3n) is 1.73. The lowest BCUT2D eigenvalue weighted by molar-refractivity contribution is 0.0225. The highest BCUT2D eigenvalue weighted by Gasteiger charge is 2.18. The first-order valence-electron chi connectivity index (χ1n) is 3.78. The fourth-order valence-electron chi connectivity index (χ4n) is 0.912. The summed E-state index contributed by atoms with van der Waals surface area (Å²) in [6, 6.07) is 0. The monoisotopic (exact) mass is 186 g/mol. The molecule has 0 spiro atoms. The van der Waals surface area contributed by atoms with Crippen molar-refractivity contribution < 1.29 is 4.74 Å². The Morgan fingerprint density at radius 3 is 2.75 bits per heavy atom. The van der Waals surface area contributed by atoms with Crippen LogP contribution >= 0.6 is 11.3 Å². The molecule has 0 saturated heterocycles. The zero-order valence-electron chi connectivity index (χ0n) is 7.63. The predicted molar refractivity (Wildman–Crippen MR) is 51.3 cm³/mol. The molecule has 3 nitrogen and oxygen atoms in total. The molecule has 1 rings (SSSR count). The lowest BCUT2D eigenvalue weighted by Gasteiger charge is -2.21. The van der Waals surface area contributed by atoms with Gasteiger partial charge < -0.3 is 10.5 Å². The Morgan fingerprint density at radius 2 is 2.33 bits per heavy atom. The Morgan fingerprint density at radius 1 is 1.67 bits per heavy atom. The Kier molecular flexibility index (Phi) is 2.69. The van der Waals surface area contributed by atoms with Crippen LogP contribution in [0, 0.1) is 0 Å². The smallest absolute Gasteiger partial charge is 0.180 e. The minimum absolute atomic E-state index is 0.152. The van der Waals surface area contributed by atoms with E-state index in [0.717, 1.165) is 12.1 Å². The molecule has 0 aromatic carbocycles. The van der Waals surface area contributed by atoms with Gasteiger partial charge in [0.25, 0.3) is 0 Å². The highest BCUT2D eigenvalue weighted by atomic mass is 32.1. The number of thiazole rings is 1. The second-order valence-electron chi connectivity index (χ2n) is 3.32. The maximum Gasteiger partial charge on any atom is 0.180 e. The van der Waals surface area contributed by atoms with Crippen LogP contribution in [-0.4, -0.2) is 17.7 Å². The molecular formula is C8H14N2OS. The number of anilines is 1. The summed E-state index contributed by atoms with van der Waals surface area (Å²) in [6.45, 7) is 4.06. The number of hydrogen-bond donors (Lipinski definition) is 1. The van der Waals surface area contributed by atoms with Gasteiger partial charge in [-0.1, -0.05) is 0 Å². The zero-order valence-corrected chi connectivity index (χ0v) is 8.44. The molecule has 0 aliphatic rings. The number of nitrogens with two attached hydrogens (primary N) is 1. The summed E-state index contributed by atoms with van der Waals surface area (Å²) in [5.41, 5.74) is 6.36. The zero-order chi connectivity index (χ0) is 9.19. The van der Waals surface area contributed by atoms with Crippen molar-refractivity contribution in [3.05, 3.63) is 11.1 Å². The van der Waals surface area contributed by atoms with Crippen molar-refractivity contribution in [1.82, 2.24) is 4.98 Å². The van der Waals surface area contributed by atoms with Gasteiger partial charge >= 0.3 is 0 Å². The van der Waals surface area contributed by atoms with Gasteiger partial charge in [-0.05, 0) is 13.8 Å². The Balaban J connectivity index is 2.63. The number of hydrogen-bond acceptors (Lipinski definition) is 4. The predicted octanol–water partition coefficient (Wildman–Crippen LogP) is 1.69. The van der Waals surface area contributed by atoms with E-state index < -0.39 is 0 Å². The molecule has 1 aromatic heterocycles. The SMILES string of the molecule is COC(C)(C)Cc1csc(N)n1. The summed E-state index contributed by atoms with van der Waals surface area (Å²) in [5, 5.41) is 2.59. The van der Waals surface area contributed by atoms with Gasteiger partial charge in [0.05, 0.1) is 11.3 Å².